The molecule has 1 saturated heterocycles. The van der Waals surface area contributed by atoms with Crippen LogP contribution in [0.1, 0.15) is 49.8 Å². The fourth-order valence-corrected chi connectivity index (χ4v) is 5.45. The van der Waals surface area contributed by atoms with Gasteiger partial charge in [0, 0.05) is 12.6 Å². The van der Waals surface area contributed by atoms with Crippen LogP contribution in [0.25, 0.3) is 0 Å². The second-order valence-corrected chi connectivity index (χ2v) is 10.7. The minimum atomic E-state index is -3.11. The predicted octanol–water partition coefficient (Wildman–Crippen LogP) is 4.10. The smallest absolute Gasteiger partial charge is 0.263 e. The van der Waals surface area contributed by atoms with Gasteiger partial charge in [-0.2, -0.15) is 0 Å². The van der Waals surface area contributed by atoms with E-state index in [9.17, 15) is 13.2 Å². The molecule has 2 atom stereocenters. The molecule has 3 rings (SSSR count). The average Bonchev–Trinajstić information content (AvgIpc) is 3.06. The Morgan fingerprint density at radius 2 is 1.70 bits per heavy atom. The van der Waals surface area contributed by atoms with E-state index in [1.165, 1.54) is 5.56 Å². The number of benzene rings is 2. The summed E-state index contributed by atoms with van der Waals surface area (Å²) in [5.74, 6) is 1.01. The fraction of sp³-hybridized carbons (Fsp3) is 0.458. The summed E-state index contributed by atoms with van der Waals surface area (Å²) in [6, 6.07) is 15.4. The Hall–Kier alpha value is -2.34. The largest absolute Gasteiger partial charge is 0.481 e. The Bertz CT molecular complexity index is 965. The van der Waals surface area contributed by atoms with Crippen LogP contribution in [-0.2, 0) is 21.2 Å². The average molecular weight is 430 g/mol. The van der Waals surface area contributed by atoms with E-state index in [-0.39, 0.29) is 23.5 Å². The molecule has 2 unspecified atom stereocenters. The predicted molar refractivity (Wildman–Crippen MR) is 119 cm³/mol. The number of amides is 1. The van der Waals surface area contributed by atoms with Crippen molar-refractivity contribution in [1.82, 2.24) is 4.90 Å². The maximum atomic E-state index is 13.3. The minimum Gasteiger partial charge on any atom is -0.481 e. The summed E-state index contributed by atoms with van der Waals surface area (Å²) in [6.45, 7) is 8.36. The van der Waals surface area contributed by atoms with Gasteiger partial charge in [-0.3, -0.25) is 4.79 Å². The highest BCUT2D eigenvalue weighted by Gasteiger charge is 2.36. The zero-order valence-electron chi connectivity index (χ0n) is 18.2. The van der Waals surface area contributed by atoms with E-state index in [2.05, 4.69) is 13.8 Å². The van der Waals surface area contributed by atoms with Gasteiger partial charge in [-0.1, -0.05) is 55.8 Å². The molecule has 0 aliphatic carbocycles. The van der Waals surface area contributed by atoms with E-state index >= 15 is 0 Å². The third kappa shape index (κ3) is 5.63. The van der Waals surface area contributed by atoms with Gasteiger partial charge in [-0.15, -0.1) is 0 Å². The van der Waals surface area contributed by atoms with Gasteiger partial charge in [-0.05, 0) is 49.4 Å². The van der Waals surface area contributed by atoms with Gasteiger partial charge in [0.05, 0.1) is 11.5 Å². The van der Waals surface area contributed by atoms with E-state index in [4.69, 9.17) is 4.74 Å². The number of rotatable bonds is 7. The zero-order chi connectivity index (χ0) is 21.9. The van der Waals surface area contributed by atoms with Crippen LogP contribution in [0.15, 0.2) is 48.5 Å². The molecule has 1 fully saturated rings. The van der Waals surface area contributed by atoms with Crippen molar-refractivity contribution in [3.63, 3.8) is 0 Å². The second kappa shape index (κ2) is 9.21. The van der Waals surface area contributed by atoms with Gasteiger partial charge in [0.2, 0.25) is 0 Å². The molecule has 1 amide bonds. The maximum absolute atomic E-state index is 13.3. The van der Waals surface area contributed by atoms with Crippen LogP contribution in [-0.4, -0.2) is 42.9 Å². The summed E-state index contributed by atoms with van der Waals surface area (Å²) < 4.78 is 30.0. The first kappa shape index (κ1) is 22.3. The summed E-state index contributed by atoms with van der Waals surface area (Å²) >= 11 is 0. The van der Waals surface area contributed by atoms with Crippen LogP contribution in [0.4, 0.5) is 0 Å². The van der Waals surface area contributed by atoms with Gasteiger partial charge in [0.25, 0.3) is 5.91 Å². The molecule has 2 aromatic rings. The molecular weight excluding hydrogens is 398 g/mol. The summed E-state index contributed by atoms with van der Waals surface area (Å²) in [5.41, 5.74) is 3.33. The summed E-state index contributed by atoms with van der Waals surface area (Å²) in [5, 5.41) is 0. The molecule has 6 heteroatoms. The monoisotopic (exact) mass is 429 g/mol. The van der Waals surface area contributed by atoms with Crippen molar-refractivity contribution in [1.29, 1.82) is 0 Å². The lowest BCUT2D eigenvalue weighted by molar-refractivity contribution is -0.140. The van der Waals surface area contributed by atoms with E-state index in [0.717, 1.165) is 11.1 Å². The molecule has 0 saturated carbocycles. The molecule has 162 valence electrons. The van der Waals surface area contributed by atoms with Crippen molar-refractivity contribution in [2.45, 2.75) is 58.7 Å². The van der Waals surface area contributed by atoms with Gasteiger partial charge < -0.3 is 9.64 Å². The topological polar surface area (TPSA) is 63.7 Å². The minimum absolute atomic E-state index is 0.0143. The molecule has 0 aromatic heterocycles. The third-order valence-corrected chi connectivity index (χ3v) is 7.36. The van der Waals surface area contributed by atoms with Crippen molar-refractivity contribution < 1.29 is 17.9 Å². The van der Waals surface area contributed by atoms with Gasteiger partial charge >= 0.3 is 0 Å². The Labute approximate surface area is 180 Å². The zero-order valence-corrected chi connectivity index (χ0v) is 19.0. The number of aryl methyl sites for hydroxylation is 1. The summed E-state index contributed by atoms with van der Waals surface area (Å²) in [4.78, 5) is 15.0. The van der Waals surface area contributed by atoms with E-state index in [0.29, 0.717) is 24.6 Å². The van der Waals surface area contributed by atoms with Crippen molar-refractivity contribution in [2.24, 2.45) is 0 Å². The van der Waals surface area contributed by atoms with Gasteiger partial charge in [0.15, 0.2) is 15.9 Å². The third-order valence-electron chi connectivity index (χ3n) is 5.61. The SMILES string of the molecule is Cc1ccc(CN(C(=O)C(C)Oc2ccc(C(C)C)cc2)C2CCS(=O)(=O)C2)cc1. The van der Waals surface area contributed by atoms with Crippen LogP contribution >= 0.6 is 0 Å². The number of sulfone groups is 1. The lowest BCUT2D eigenvalue weighted by Gasteiger charge is -2.31. The quantitative estimate of drug-likeness (QED) is 0.665. The number of carbonyl (C=O) groups is 1. The summed E-state index contributed by atoms with van der Waals surface area (Å²) in [7, 11) is -3.11. The van der Waals surface area contributed by atoms with Crippen molar-refractivity contribution in [3.05, 3.63) is 65.2 Å². The van der Waals surface area contributed by atoms with Gasteiger partial charge in [0.1, 0.15) is 5.75 Å². The van der Waals surface area contributed by atoms with Crippen LogP contribution in [0.5, 0.6) is 5.75 Å². The number of nitrogens with zero attached hydrogens (tertiary/aromatic N) is 1. The highest BCUT2D eigenvalue weighted by atomic mass is 32.2. The number of ether oxygens (including phenoxy) is 1. The van der Waals surface area contributed by atoms with E-state index < -0.39 is 15.9 Å². The lowest BCUT2D eigenvalue weighted by atomic mass is 10.0. The molecule has 5 nitrogen and oxygen atoms in total. The maximum Gasteiger partial charge on any atom is 0.263 e. The first-order chi connectivity index (χ1) is 14.1. The standard InChI is InChI=1S/C24H31NO4S/c1-17(2)21-9-11-23(12-10-21)29-19(4)24(26)25(22-13-14-30(27,28)16-22)15-20-7-5-18(3)6-8-20/h5-12,17,19,22H,13-16H2,1-4H3. The molecule has 0 spiro atoms. The van der Waals surface area contributed by atoms with Crippen LogP contribution in [0, 0.1) is 6.92 Å². The lowest BCUT2D eigenvalue weighted by Crippen LogP contribution is -2.46. The van der Waals surface area contributed by atoms with Crippen LogP contribution in [0.2, 0.25) is 0 Å². The van der Waals surface area contributed by atoms with Crippen LogP contribution in [0.3, 0.4) is 0 Å². The Balaban J connectivity index is 1.77. The molecule has 30 heavy (non-hydrogen) atoms. The molecule has 2 aromatic carbocycles. The fourth-order valence-electron chi connectivity index (χ4n) is 3.72. The molecule has 1 aliphatic rings. The Morgan fingerprint density at radius 3 is 2.23 bits per heavy atom. The molecular formula is C24H31NO4S. The number of hydrogen-bond donors (Lipinski definition) is 0. The number of carbonyl (C=O) groups excluding carboxylic acids is 1. The highest BCUT2D eigenvalue weighted by molar-refractivity contribution is 7.91. The molecule has 0 N–H and O–H groups in total. The molecule has 1 heterocycles. The summed E-state index contributed by atoms with van der Waals surface area (Å²) in [6.07, 6.45) is -0.237. The van der Waals surface area contributed by atoms with Gasteiger partial charge in [-0.25, -0.2) is 8.42 Å². The van der Waals surface area contributed by atoms with E-state index in [1.807, 2.05) is 55.5 Å². The number of hydrogen-bond acceptors (Lipinski definition) is 4. The second-order valence-electron chi connectivity index (χ2n) is 8.49. The van der Waals surface area contributed by atoms with Crippen molar-refractivity contribution in [2.75, 3.05) is 11.5 Å². The molecule has 0 radical (unpaired) electrons. The highest BCUT2D eigenvalue weighted by Crippen LogP contribution is 2.24. The van der Waals surface area contributed by atoms with Crippen molar-refractivity contribution in [3.8, 4) is 5.75 Å². The molecule has 0 bridgehead atoms. The normalized spacial score (nSPS) is 18.9. The Morgan fingerprint density at radius 1 is 1.07 bits per heavy atom. The first-order valence-corrected chi connectivity index (χ1v) is 12.3. The Kier molecular flexibility index (Phi) is 6.86. The first-order valence-electron chi connectivity index (χ1n) is 10.5. The van der Waals surface area contributed by atoms with E-state index in [1.54, 1.807) is 11.8 Å². The van der Waals surface area contributed by atoms with Crippen LogP contribution < -0.4 is 4.74 Å². The molecule has 1 aliphatic heterocycles. The van der Waals surface area contributed by atoms with Crippen molar-refractivity contribution >= 4 is 15.7 Å².